The minimum absolute atomic E-state index is 0.494. The molecule has 1 N–H and O–H groups in total. The lowest BCUT2D eigenvalue weighted by Gasteiger charge is -2.30. The van der Waals surface area contributed by atoms with E-state index in [1.54, 1.807) is 0 Å². The molecule has 0 radical (unpaired) electrons. The summed E-state index contributed by atoms with van der Waals surface area (Å²) in [4.78, 5) is 2.51. The summed E-state index contributed by atoms with van der Waals surface area (Å²) >= 11 is 5.95. The van der Waals surface area contributed by atoms with E-state index in [1.807, 2.05) is 13.8 Å². The summed E-state index contributed by atoms with van der Waals surface area (Å²) in [6, 6.07) is 0. The third-order valence-corrected chi connectivity index (χ3v) is 4.42. The molecule has 106 valence electrons. The number of nitrogens with zero attached hydrogens (tertiary/aromatic N) is 3. The predicted molar refractivity (Wildman–Crippen MR) is 79.8 cm³/mol. The van der Waals surface area contributed by atoms with Gasteiger partial charge in [-0.05, 0) is 56.8 Å². The largest absolute Gasteiger partial charge is 0.367 e. The monoisotopic (exact) mass is 282 g/mol. The van der Waals surface area contributed by atoms with Gasteiger partial charge >= 0.3 is 0 Å². The van der Waals surface area contributed by atoms with Gasteiger partial charge in [-0.3, -0.25) is 0 Å². The molecule has 0 aromatic carbocycles. The standard InChI is InChI=1S/C14H23ClN4/c1-10-4-7-19(8-5-10)9-6-16-14-12(3)11(2)13(15)17-18-14/h10H,4-9H2,1-3H3,(H,16,18). The van der Waals surface area contributed by atoms with Crippen LogP contribution in [0.3, 0.4) is 0 Å². The van der Waals surface area contributed by atoms with Crippen LogP contribution < -0.4 is 5.32 Å². The van der Waals surface area contributed by atoms with Gasteiger partial charge in [-0.25, -0.2) is 0 Å². The van der Waals surface area contributed by atoms with Crippen LogP contribution in [0, 0.1) is 19.8 Å². The number of aromatic nitrogens is 2. The molecule has 4 nitrogen and oxygen atoms in total. The highest BCUT2D eigenvalue weighted by Gasteiger charge is 2.15. The van der Waals surface area contributed by atoms with Crippen LogP contribution in [0.2, 0.25) is 5.15 Å². The maximum Gasteiger partial charge on any atom is 0.155 e. The van der Waals surface area contributed by atoms with Gasteiger partial charge in [0.1, 0.15) is 0 Å². The van der Waals surface area contributed by atoms with Crippen molar-refractivity contribution in [3.63, 3.8) is 0 Å². The van der Waals surface area contributed by atoms with Crippen molar-refractivity contribution in [1.82, 2.24) is 15.1 Å². The number of hydrogen-bond acceptors (Lipinski definition) is 4. The third kappa shape index (κ3) is 3.80. The second-order valence-electron chi connectivity index (χ2n) is 5.54. The smallest absolute Gasteiger partial charge is 0.155 e. The molecule has 5 heteroatoms. The first kappa shape index (κ1) is 14.5. The summed E-state index contributed by atoms with van der Waals surface area (Å²) in [5, 5.41) is 11.9. The molecule has 1 aromatic heterocycles. The molecule has 0 bridgehead atoms. The first-order valence-corrected chi connectivity index (χ1v) is 7.41. The van der Waals surface area contributed by atoms with Gasteiger partial charge in [0.15, 0.2) is 11.0 Å². The van der Waals surface area contributed by atoms with E-state index in [4.69, 9.17) is 11.6 Å². The van der Waals surface area contributed by atoms with Crippen LogP contribution in [0.15, 0.2) is 0 Å². The SMILES string of the molecule is Cc1c(Cl)nnc(NCCN2CCC(C)CC2)c1C. The van der Waals surface area contributed by atoms with E-state index in [9.17, 15) is 0 Å². The summed E-state index contributed by atoms with van der Waals surface area (Å²) in [6.45, 7) is 10.7. The molecule has 1 fully saturated rings. The summed E-state index contributed by atoms with van der Waals surface area (Å²) in [5.74, 6) is 1.74. The fourth-order valence-corrected chi connectivity index (χ4v) is 2.54. The molecule has 0 saturated carbocycles. The Labute approximate surface area is 120 Å². The fraction of sp³-hybridized carbons (Fsp3) is 0.714. The summed E-state index contributed by atoms with van der Waals surface area (Å²) in [6.07, 6.45) is 2.64. The van der Waals surface area contributed by atoms with Crippen molar-refractivity contribution in [2.24, 2.45) is 5.92 Å². The predicted octanol–water partition coefficient (Wildman–Crippen LogP) is 2.89. The molecule has 0 atom stereocenters. The highest BCUT2D eigenvalue weighted by molar-refractivity contribution is 6.30. The number of nitrogens with one attached hydrogen (secondary N) is 1. The lowest BCUT2D eigenvalue weighted by Crippen LogP contribution is -2.36. The minimum atomic E-state index is 0.494. The van der Waals surface area contributed by atoms with Crippen LogP contribution in [0.1, 0.15) is 30.9 Å². The van der Waals surface area contributed by atoms with Gasteiger partial charge in [0.25, 0.3) is 0 Å². The Bertz CT molecular complexity index is 428. The van der Waals surface area contributed by atoms with E-state index in [0.29, 0.717) is 5.15 Å². The first-order chi connectivity index (χ1) is 9.08. The first-order valence-electron chi connectivity index (χ1n) is 7.03. The Morgan fingerprint density at radius 1 is 1.21 bits per heavy atom. The van der Waals surface area contributed by atoms with Crippen LogP contribution in [-0.4, -0.2) is 41.3 Å². The zero-order valence-corrected chi connectivity index (χ0v) is 12.8. The van der Waals surface area contributed by atoms with Crippen LogP contribution >= 0.6 is 11.6 Å². The summed E-state index contributed by atoms with van der Waals surface area (Å²) in [7, 11) is 0. The molecular formula is C14H23ClN4. The van der Waals surface area contributed by atoms with Crippen molar-refractivity contribution in [1.29, 1.82) is 0 Å². The molecule has 1 aliphatic rings. The Morgan fingerprint density at radius 3 is 2.58 bits per heavy atom. The van der Waals surface area contributed by atoms with Crippen molar-refractivity contribution in [2.45, 2.75) is 33.6 Å². The molecule has 19 heavy (non-hydrogen) atoms. The molecule has 1 aromatic rings. The molecule has 2 heterocycles. The van der Waals surface area contributed by atoms with Gasteiger partial charge in [-0.15, -0.1) is 10.2 Å². The number of rotatable bonds is 4. The van der Waals surface area contributed by atoms with Crippen molar-refractivity contribution in [2.75, 3.05) is 31.5 Å². The highest BCUT2D eigenvalue weighted by Crippen LogP contribution is 2.20. The molecule has 0 amide bonds. The Hall–Kier alpha value is -0.870. The van der Waals surface area contributed by atoms with Crippen molar-refractivity contribution >= 4 is 17.4 Å². The van der Waals surface area contributed by atoms with Crippen LogP contribution in [0.25, 0.3) is 0 Å². The quantitative estimate of drug-likeness (QED) is 0.922. The van der Waals surface area contributed by atoms with Crippen LogP contribution in [0.5, 0.6) is 0 Å². The summed E-state index contributed by atoms with van der Waals surface area (Å²) < 4.78 is 0. The molecule has 2 rings (SSSR count). The number of hydrogen-bond donors (Lipinski definition) is 1. The van der Waals surface area contributed by atoms with E-state index in [-0.39, 0.29) is 0 Å². The normalized spacial score (nSPS) is 17.7. The van der Waals surface area contributed by atoms with Crippen LogP contribution in [-0.2, 0) is 0 Å². The zero-order valence-electron chi connectivity index (χ0n) is 12.0. The average Bonchev–Trinajstić information content (AvgIpc) is 2.41. The van der Waals surface area contributed by atoms with E-state index in [2.05, 4.69) is 27.3 Å². The van der Waals surface area contributed by atoms with Crippen molar-refractivity contribution in [3.8, 4) is 0 Å². The van der Waals surface area contributed by atoms with E-state index < -0.39 is 0 Å². The van der Waals surface area contributed by atoms with E-state index >= 15 is 0 Å². The van der Waals surface area contributed by atoms with Gasteiger partial charge in [0.2, 0.25) is 0 Å². The molecule has 1 aliphatic heterocycles. The Kier molecular flexibility index (Phi) is 4.99. The molecule has 1 saturated heterocycles. The van der Waals surface area contributed by atoms with Gasteiger partial charge in [-0.1, -0.05) is 18.5 Å². The molecular weight excluding hydrogens is 260 g/mol. The van der Waals surface area contributed by atoms with E-state index in [1.165, 1.54) is 25.9 Å². The van der Waals surface area contributed by atoms with Crippen molar-refractivity contribution in [3.05, 3.63) is 16.3 Å². The zero-order chi connectivity index (χ0) is 13.8. The molecule has 0 unspecified atom stereocenters. The number of likely N-dealkylation sites (tertiary alicyclic amines) is 1. The number of anilines is 1. The fourth-order valence-electron chi connectivity index (χ4n) is 2.36. The number of halogens is 1. The third-order valence-electron chi connectivity index (χ3n) is 4.06. The highest BCUT2D eigenvalue weighted by atomic mass is 35.5. The van der Waals surface area contributed by atoms with Crippen molar-refractivity contribution < 1.29 is 0 Å². The lowest BCUT2D eigenvalue weighted by molar-refractivity contribution is 0.199. The average molecular weight is 283 g/mol. The topological polar surface area (TPSA) is 41.1 Å². The number of piperidine rings is 1. The maximum atomic E-state index is 5.95. The maximum absolute atomic E-state index is 5.95. The second-order valence-corrected chi connectivity index (χ2v) is 5.90. The van der Waals surface area contributed by atoms with Gasteiger partial charge in [0.05, 0.1) is 0 Å². The summed E-state index contributed by atoms with van der Waals surface area (Å²) in [5.41, 5.74) is 2.10. The molecule has 0 aliphatic carbocycles. The van der Waals surface area contributed by atoms with Gasteiger partial charge in [-0.2, -0.15) is 0 Å². The lowest BCUT2D eigenvalue weighted by atomic mass is 9.99. The van der Waals surface area contributed by atoms with Gasteiger partial charge in [0, 0.05) is 13.1 Å². The molecule has 0 spiro atoms. The van der Waals surface area contributed by atoms with Gasteiger partial charge < -0.3 is 10.2 Å². The Morgan fingerprint density at radius 2 is 1.89 bits per heavy atom. The van der Waals surface area contributed by atoms with Crippen LogP contribution in [0.4, 0.5) is 5.82 Å². The van der Waals surface area contributed by atoms with E-state index in [0.717, 1.165) is 36.0 Å². The Balaban J connectivity index is 1.81. The minimum Gasteiger partial charge on any atom is -0.367 e. The second kappa shape index (κ2) is 6.53.